The van der Waals surface area contributed by atoms with Gasteiger partial charge in [0.05, 0.1) is 0 Å². The average molecular weight is 200 g/mol. The molecule has 0 bridgehead atoms. The Kier molecular flexibility index (Phi) is 10.7. The fourth-order valence-corrected chi connectivity index (χ4v) is 0.819. The smallest absolute Gasteiger partial charge is 0.824 e. The first-order chi connectivity index (χ1) is 6.56. The van der Waals surface area contributed by atoms with Crippen LogP contribution in [0.4, 0.5) is 0 Å². The largest absolute Gasteiger partial charge is 1.00 e. The molecule has 0 radical (unpaired) electrons. The first-order valence-corrected chi connectivity index (χ1v) is 4.22. The van der Waals surface area contributed by atoms with Gasteiger partial charge in [0, 0.05) is 6.42 Å². The van der Waals surface area contributed by atoms with Crippen LogP contribution in [0.3, 0.4) is 0 Å². The van der Waals surface area contributed by atoms with Gasteiger partial charge in [0.2, 0.25) is 5.91 Å². The Hall–Kier alpha value is -0.853. The maximum Gasteiger partial charge on any atom is 1.00 e. The van der Waals surface area contributed by atoms with E-state index in [1.807, 2.05) is 0 Å². The molecule has 1 amide bonds. The summed E-state index contributed by atoms with van der Waals surface area (Å²) in [6.45, 7) is 5.95. The van der Waals surface area contributed by atoms with E-state index in [1.165, 1.54) is 19.3 Å². The molecule has 1 N–H and O–H groups in total. The Morgan fingerprint density at radius 1 is 1.73 bits per heavy atom. The maximum atomic E-state index is 10.3. The number of nitrogens with zero attached hydrogens (tertiary/aromatic N) is 1. The molecular weight excluding hydrogens is 187 g/mol. The predicted octanol–water partition coefficient (Wildman–Crippen LogP) is -2.36. The quantitative estimate of drug-likeness (QED) is 0.234. The number of nitrogens with one attached hydrogen (secondary N) is 1. The van der Waals surface area contributed by atoms with Gasteiger partial charge in [-0.25, -0.2) is 6.08 Å². The van der Waals surface area contributed by atoms with Crippen LogP contribution in [-0.2, 0) is 9.59 Å². The van der Waals surface area contributed by atoms with Crippen LogP contribution in [0.15, 0.2) is 12.2 Å². The molecule has 1 fully saturated rings. The zero-order valence-electron chi connectivity index (χ0n) is 9.12. The molecule has 1 heterocycles. The summed E-state index contributed by atoms with van der Waals surface area (Å²) >= 11 is 0. The fourth-order valence-electron chi connectivity index (χ4n) is 0.819. The van der Waals surface area contributed by atoms with E-state index in [0.717, 1.165) is 12.6 Å². The molecule has 15 heavy (non-hydrogen) atoms. The number of rotatable bonds is 2. The van der Waals surface area contributed by atoms with Crippen molar-refractivity contribution in [2.24, 2.45) is 5.92 Å². The van der Waals surface area contributed by atoms with E-state index in [4.69, 9.17) is 5.41 Å². The van der Waals surface area contributed by atoms with Gasteiger partial charge in [-0.15, -0.1) is 5.92 Å². The molecule has 1 atom stereocenters. The molecule has 1 aliphatic rings. The second kappa shape index (κ2) is 9.69. The van der Waals surface area contributed by atoms with Crippen LogP contribution in [0.1, 0.15) is 13.3 Å². The number of carbonyl (C=O) groups excluding carboxylic acids is 2. The molecule has 4 nitrogen and oxygen atoms in total. The van der Waals surface area contributed by atoms with Crippen LogP contribution in [-0.4, -0.2) is 24.4 Å². The molecule has 0 aliphatic carbocycles. The zero-order chi connectivity index (χ0) is 11.0. The van der Waals surface area contributed by atoms with Crippen molar-refractivity contribution >= 4 is 17.9 Å². The van der Waals surface area contributed by atoms with Crippen LogP contribution in [0.5, 0.6) is 0 Å². The van der Waals surface area contributed by atoms with Crippen molar-refractivity contribution in [2.45, 2.75) is 13.3 Å². The van der Waals surface area contributed by atoms with Crippen molar-refractivity contribution < 1.29 is 28.4 Å². The van der Waals surface area contributed by atoms with Crippen molar-refractivity contribution in [2.75, 3.05) is 6.54 Å². The summed E-state index contributed by atoms with van der Waals surface area (Å²) in [7, 11) is 0. The number of hydrogen-bond acceptors (Lipinski definition) is 2. The Balaban J connectivity index is 0. The fraction of sp³-hybridized carbons (Fsp3) is 0.400. The maximum absolute atomic E-state index is 10.3. The number of carbonyl (C=O) groups is 1. The van der Waals surface area contributed by atoms with Crippen molar-refractivity contribution in [3.05, 3.63) is 24.5 Å². The van der Waals surface area contributed by atoms with E-state index in [1.54, 1.807) is 0 Å². The minimum Gasteiger partial charge on any atom is -0.824 e. The summed E-state index contributed by atoms with van der Waals surface area (Å²) in [5, 5.41) is 11.0. The van der Waals surface area contributed by atoms with E-state index in [9.17, 15) is 9.59 Å². The molecular formula is C10H13LiN2O2-2. The molecule has 0 saturated carbocycles. The summed E-state index contributed by atoms with van der Waals surface area (Å²) in [6, 6.07) is 0. The Morgan fingerprint density at radius 2 is 2.33 bits per heavy atom. The SMILES string of the molecule is CC(=[N-])/C=C\[C-]=O.[CH2-]C1CNC(=O)C1.[Li+]. The van der Waals surface area contributed by atoms with E-state index in [0.29, 0.717) is 12.3 Å². The van der Waals surface area contributed by atoms with E-state index < -0.39 is 0 Å². The molecule has 1 saturated heterocycles. The molecule has 1 aliphatic heterocycles. The van der Waals surface area contributed by atoms with Crippen LogP contribution < -0.4 is 24.2 Å². The van der Waals surface area contributed by atoms with Gasteiger partial charge in [-0.2, -0.15) is 6.08 Å². The van der Waals surface area contributed by atoms with E-state index >= 15 is 0 Å². The average Bonchev–Trinajstić information content (AvgIpc) is 2.47. The molecule has 0 spiro atoms. The third-order valence-electron chi connectivity index (χ3n) is 1.45. The first kappa shape index (κ1) is 16.6. The van der Waals surface area contributed by atoms with Gasteiger partial charge >= 0.3 is 18.9 Å². The van der Waals surface area contributed by atoms with Crippen LogP contribution in [0, 0.1) is 12.8 Å². The van der Waals surface area contributed by atoms with Crippen LogP contribution in [0.2, 0.25) is 0 Å². The van der Waals surface area contributed by atoms with Gasteiger partial charge in [-0.3, -0.25) is 10.5 Å². The van der Waals surface area contributed by atoms with Crippen LogP contribution >= 0.6 is 0 Å². The standard InChI is InChI=1S/C5H8NO.C5H5NO.Li/c1-4-2-5(7)6-3-4;1-5(6)3-2-4-7;/h4H,1-3H2,(H,6,7);2-3H,1H3;/q-1;-2;+1/b;3-2-;. The molecule has 78 valence electrons. The van der Waals surface area contributed by atoms with Gasteiger partial charge in [0.25, 0.3) is 0 Å². The van der Waals surface area contributed by atoms with Crippen molar-refractivity contribution in [1.82, 2.24) is 5.32 Å². The van der Waals surface area contributed by atoms with Gasteiger partial charge in [-0.1, -0.05) is 6.92 Å². The van der Waals surface area contributed by atoms with Crippen molar-refractivity contribution in [3.8, 4) is 0 Å². The predicted molar refractivity (Wildman–Crippen MR) is 55.3 cm³/mol. The number of allylic oxidation sites excluding steroid dienone is 2. The third-order valence-corrected chi connectivity index (χ3v) is 1.45. The summed E-state index contributed by atoms with van der Waals surface area (Å²) in [5.74, 6) is 0.451. The number of hydrogen-bond donors (Lipinski definition) is 1. The summed E-state index contributed by atoms with van der Waals surface area (Å²) < 4.78 is 0. The third kappa shape index (κ3) is 11.1. The summed E-state index contributed by atoms with van der Waals surface area (Å²) in [5.41, 5.74) is 0.114. The van der Waals surface area contributed by atoms with E-state index in [2.05, 4.69) is 12.2 Å². The molecule has 5 heteroatoms. The zero-order valence-corrected chi connectivity index (χ0v) is 9.12. The second-order valence-electron chi connectivity index (χ2n) is 2.97. The summed E-state index contributed by atoms with van der Waals surface area (Å²) in [6.07, 6.45) is 4.48. The Labute approximate surface area is 102 Å². The number of amides is 1. The van der Waals surface area contributed by atoms with Crippen molar-refractivity contribution in [3.63, 3.8) is 0 Å². The second-order valence-corrected chi connectivity index (χ2v) is 2.97. The molecule has 1 unspecified atom stereocenters. The van der Waals surface area contributed by atoms with Gasteiger partial charge in [0.1, 0.15) is 0 Å². The van der Waals surface area contributed by atoms with Gasteiger partial charge < -0.3 is 22.4 Å². The van der Waals surface area contributed by atoms with Crippen LogP contribution in [0.25, 0.3) is 5.41 Å². The minimum absolute atomic E-state index is 0. The van der Waals surface area contributed by atoms with E-state index in [-0.39, 0.29) is 30.5 Å². The Morgan fingerprint density at radius 3 is 2.47 bits per heavy atom. The van der Waals surface area contributed by atoms with Crippen molar-refractivity contribution in [1.29, 1.82) is 0 Å². The minimum atomic E-state index is 0. The normalized spacial score (nSPS) is 18.5. The topological polar surface area (TPSA) is 68.5 Å². The monoisotopic (exact) mass is 200 g/mol. The molecule has 0 aromatic heterocycles. The van der Waals surface area contributed by atoms with Gasteiger partial charge in [0.15, 0.2) is 0 Å². The molecule has 0 aromatic carbocycles. The Bertz CT molecular complexity index is 252. The summed E-state index contributed by atoms with van der Waals surface area (Å²) in [4.78, 5) is 19.7. The molecule has 0 aromatic rings. The van der Waals surface area contributed by atoms with Gasteiger partial charge in [-0.05, 0) is 12.8 Å². The molecule has 1 rings (SSSR count). The first-order valence-electron chi connectivity index (χ1n) is 4.22.